The van der Waals surface area contributed by atoms with Crippen LogP contribution in [0.4, 0.5) is 0 Å². The van der Waals surface area contributed by atoms with Crippen LogP contribution in [0.5, 0.6) is 0 Å². The van der Waals surface area contributed by atoms with E-state index in [4.69, 9.17) is 14.3 Å². The molecule has 1 aromatic carbocycles. The average molecular weight is 441 g/mol. The van der Waals surface area contributed by atoms with Crippen molar-refractivity contribution in [2.45, 2.75) is 76.4 Å². The first kappa shape index (κ1) is 22.5. The van der Waals surface area contributed by atoms with Gasteiger partial charge in [-0.2, -0.15) is 0 Å². The predicted octanol–water partition coefficient (Wildman–Crippen LogP) is 4.12. The predicted molar refractivity (Wildman–Crippen MR) is 119 cm³/mol. The zero-order valence-corrected chi connectivity index (χ0v) is 18.6. The van der Waals surface area contributed by atoms with E-state index in [0.29, 0.717) is 24.6 Å². The molecule has 7 nitrogen and oxygen atoms in total. The lowest BCUT2D eigenvalue weighted by Crippen LogP contribution is -2.28. The molecule has 0 unspecified atom stereocenters. The Labute approximate surface area is 188 Å². The van der Waals surface area contributed by atoms with Gasteiger partial charge in [0.15, 0.2) is 5.69 Å². The van der Waals surface area contributed by atoms with Gasteiger partial charge in [0.1, 0.15) is 6.26 Å². The number of carbonyl (C=O) groups is 2. The number of hydrogen-bond acceptors (Lipinski definition) is 5. The Morgan fingerprint density at radius 2 is 1.94 bits per heavy atom. The molecule has 4 rings (SSSR count). The number of rotatable bonds is 11. The van der Waals surface area contributed by atoms with Crippen molar-refractivity contribution < 1.29 is 23.8 Å². The Morgan fingerprint density at radius 3 is 2.72 bits per heavy atom. The fourth-order valence-corrected chi connectivity index (χ4v) is 5.08. The van der Waals surface area contributed by atoms with Crippen LogP contribution in [0.25, 0.3) is 0 Å². The summed E-state index contributed by atoms with van der Waals surface area (Å²) in [7, 11) is 0. The highest BCUT2D eigenvalue weighted by Crippen LogP contribution is 2.49. The molecule has 0 spiro atoms. The van der Waals surface area contributed by atoms with Gasteiger partial charge in [-0.3, -0.25) is 9.59 Å². The summed E-state index contributed by atoms with van der Waals surface area (Å²) in [6, 6.07) is 8.03. The molecule has 2 aliphatic heterocycles. The number of benzene rings is 1. The lowest BCUT2D eigenvalue weighted by Gasteiger charge is -2.26. The van der Waals surface area contributed by atoms with Crippen molar-refractivity contribution in [2.75, 3.05) is 6.54 Å². The van der Waals surface area contributed by atoms with Gasteiger partial charge >= 0.3 is 5.97 Å². The molecule has 3 heterocycles. The molecular weight excluding hydrogens is 408 g/mol. The van der Waals surface area contributed by atoms with Crippen molar-refractivity contribution in [3.63, 3.8) is 0 Å². The average Bonchev–Trinajstić information content (AvgIpc) is 3.52. The molecule has 32 heavy (non-hydrogen) atoms. The van der Waals surface area contributed by atoms with Crippen LogP contribution in [-0.4, -0.2) is 40.7 Å². The molecule has 1 amide bonds. The third-order valence-electron chi connectivity index (χ3n) is 6.71. The maximum atomic E-state index is 12.4. The second kappa shape index (κ2) is 10.3. The molecule has 2 aliphatic rings. The van der Waals surface area contributed by atoms with Crippen molar-refractivity contribution in [1.82, 2.24) is 10.3 Å². The second-order valence-corrected chi connectivity index (χ2v) is 8.88. The molecule has 7 heteroatoms. The zero-order chi connectivity index (χ0) is 22.5. The first-order valence-corrected chi connectivity index (χ1v) is 11.7. The molecule has 2 aromatic rings. The minimum absolute atomic E-state index is 0.00270. The normalized spacial score (nSPS) is 24.0. The summed E-state index contributed by atoms with van der Waals surface area (Å²) in [5, 5.41) is 12.0. The Hall–Kier alpha value is -2.67. The number of aliphatic carboxylic acids is 1. The fraction of sp³-hybridized carbons (Fsp3) is 0.560. The molecule has 0 saturated carbocycles. The van der Waals surface area contributed by atoms with Crippen LogP contribution in [0.15, 0.2) is 34.9 Å². The van der Waals surface area contributed by atoms with Crippen molar-refractivity contribution in [3.8, 4) is 0 Å². The van der Waals surface area contributed by atoms with Crippen LogP contribution in [0, 0.1) is 5.92 Å². The SMILES string of the molecule is CCCCCNC(=O)c1coc([C@H]2[C@@H](Cc3ccccc3CCC(=O)O)[C@H]3CC[C@@H]2O3)n1. The van der Waals surface area contributed by atoms with E-state index >= 15 is 0 Å². The van der Waals surface area contributed by atoms with Gasteiger partial charge in [0.25, 0.3) is 5.91 Å². The van der Waals surface area contributed by atoms with Gasteiger partial charge in [-0.25, -0.2) is 4.98 Å². The molecule has 2 N–H and O–H groups in total. The van der Waals surface area contributed by atoms with E-state index in [1.54, 1.807) is 0 Å². The molecular formula is C25H32N2O5. The van der Waals surface area contributed by atoms with E-state index in [-0.39, 0.29) is 36.4 Å². The van der Waals surface area contributed by atoms with E-state index < -0.39 is 5.97 Å². The number of oxazole rings is 1. The summed E-state index contributed by atoms with van der Waals surface area (Å²) in [5.41, 5.74) is 2.54. The van der Waals surface area contributed by atoms with Gasteiger partial charge in [-0.05, 0) is 43.2 Å². The quantitative estimate of drug-likeness (QED) is 0.510. The van der Waals surface area contributed by atoms with Crippen LogP contribution in [0.3, 0.4) is 0 Å². The number of aromatic nitrogens is 1. The highest BCUT2D eigenvalue weighted by molar-refractivity contribution is 5.91. The Morgan fingerprint density at radius 1 is 1.16 bits per heavy atom. The maximum Gasteiger partial charge on any atom is 0.303 e. The van der Waals surface area contributed by atoms with Crippen LogP contribution in [0.2, 0.25) is 0 Å². The van der Waals surface area contributed by atoms with Crippen molar-refractivity contribution >= 4 is 11.9 Å². The number of carbonyl (C=O) groups excluding carboxylic acids is 1. The first-order valence-electron chi connectivity index (χ1n) is 11.7. The Kier molecular flexibility index (Phi) is 7.25. The first-order chi connectivity index (χ1) is 15.6. The van der Waals surface area contributed by atoms with Gasteiger partial charge in [-0.15, -0.1) is 0 Å². The van der Waals surface area contributed by atoms with E-state index in [9.17, 15) is 9.59 Å². The van der Waals surface area contributed by atoms with Crippen LogP contribution < -0.4 is 5.32 Å². The lowest BCUT2D eigenvalue weighted by atomic mass is 9.75. The molecule has 2 fully saturated rings. The minimum atomic E-state index is -0.791. The summed E-state index contributed by atoms with van der Waals surface area (Å²) in [5.74, 6) is -0.220. The van der Waals surface area contributed by atoms with Gasteiger partial charge < -0.3 is 19.6 Å². The summed E-state index contributed by atoms with van der Waals surface area (Å²) >= 11 is 0. The molecule has 1 aromatic heterocycles. The largest absolute Gasteiger partial charge is 0.481 e. The third-order valence-corrected chi connectivity index (χ3v) is 6.71. The van der Waals surface area contributed by atoms with E-state index in [0.717, 1.165) is 49.7 Å². The number of amides is 1. The number of nitrogens with zero attached hydrogens (tertiary/aromatic N) is 1. The van der Waals surface area contributed by atoms with E-state index in [1.807, 2.05) is 18.2 Å². The summed E-state index contributed by atoms with van der Waals surface area (Å²) in [6.07, 6.45) is 8.17. The van der Waals surface area contributed by atoms with Gasteiger partial charge in [-0.1, -0.05) is 44.0 Å². The molecule has 2 bridgehead atoms. The Balaban J connectivity index is 1.47. The van der Waals surface area contributed by atoms with Crippen molar-refractivity contribution in [3.05, 3.63) is 53.2 Å². The maximum absolute atomic E-state index is 12.4. The zero-order valence-electron chi connectivity index (χ0n) is 18.6. The number of unbranched alkanes of at least 4 members (excludes halogenated alkanes) is 2. The summed E-state index contributed by atoms with van der Waals surface area (Å²) in [6.45, 7) is 2.77. The topological polar surface area (TPSA) is 102 Å². The van der Waals surface area contributed by atoms with Gasteiger partial charge in [0.05, 0.1) is 18.1 Å². The highest BCUT2D eigenvalue weighted by Gasteiger charge is 2.51. The van der Waals surface area contributed by atoms with Crippen LogP contribution >= 0.6 is 0 Å². The molecule has 4 atom stereocenters. The number of nitrogens with one attached hydrogen (secondary N) is 1. The number of ether oxygens (including phenoxy) is 1. The van der Waals surface area contributed by atoms with Gasteiger partial charge in [0, 0.05) is 18.9 Å². The Bertz CT molecular complexity index is 940. The molecule has 0 radical (unpaired) electrons. The standard InChI is InChI=1S/C25H32N2O5/c1-2-3-6-13-26-24(30)19-15-31-25(27-19)23-18(20-10-11-21(23)32-20)14-17-8-5-4-7-16(17)9-12-22(28)29/h4-5,7-8,15,18,20-21,23H,2-3,6,9-14H2,1H3,(H,26,30)(H,28,29)/t18-,20+,21-,23-/m0/s1. The monoisotopic (exact) mass is 440 g/mol. The van der Waals surface area contributed by atoms with Gasteiger partial charge in [0.2, 0.25) is 5.89 Å². The highest BCUT2D eigenvalue weighted by atomic mass is 16.5. The molecule has 172 valence electrons. The van der Waals surface area contributed by atoms with Crippen LogP contribution in [0.1, 0.15) is 78.9 Å². The lowest BCUT2D eigenvalue weighted by molar-refractivity contribution is -0.136. The fourth-order valence-electron chi connectivity index (χ4n) is 5.08. The molecule has 0 aliphatic carbocycles. The van der Waals surface area contributed by atoms with E-state index in [1.165, 1.54) is 6.26 Å². The van der Waals surface area contributed by atoms with Crippen molar-refractivity contribution in [2.24, 2.45) is 5.92 Å². The third kappa shape index (κ3) is 5.04. The minimum Gasteiger partial charge on any atom is -0.481 e. The number of hydrogen-bond donors (Lipinski definition) is 2. The summed E-state index contributed by atoms with van der Waals surface area (Å²) in [4.78, 5) is 28.0. The number of fused-ring (bicyclic) bond motifs is 2. The van der Waals surface area contributed by atoms with Crippen molar-refractivity contribution in [1.29, 1.82) is 0 Å². The number of carboxylic acid groups (broad SMARTS) is 1. The summed E-state index contributed by atoms with van der Waals surface area (Å²) < 4.78 is 12.0. The smallest absolute Gasteiger partial charge is 0.303 e. The van der Waals surface area contributed by atoms with Crippen LogP contribution in [-0.2, 0) is 22.4 Å². The van der Waals surface area contributed by atoms with E-state index in [2.05, 4.69) is 23.3 Å². The number of carboxylic acids is 1. The molecule has 2 saturated heterocycles. The number of aryl methyl sites for hydroxylation is 1. The second-order valence-electron chi connectivity index (χ2n) is 8.88.